The zero-order chi connectivity index (χ0) is 19.3. The number of hydrogen-bond donors (Lipinski definition) is 2. The van der Waals surface area contributed by atoms with Gasteiger partial charge in [-0.05, 0) is 57.7 Å². The van der Waals surface area contributed by atoms with Gasteiger partial charge in [0.2, 0.25) is 11.8 Å². The molecule has 1 aliphatic heterocycles. The molecule has 2 aromatic rings. The lowest BCUT2D eigenvalue weighted by Gasteiger charge is -2.22. The molecule has 0 spiro atoms. The van der Waals surface area contributed by atoms with Crippen LogP contribution in [0.15, 0.2) is 18.3 Å². The number of rotatable bonds is 5. The van der Waals surface area contributed by atoms with Crippen LogP contribution in [0, 0.1) is 0 Å². The van der Waals surface area contributed by atoms with Crippen LogP contribution in [0.25, 0.3) is 0 Å². The third-order valence-corrected chi connectivity index (χ3v) is 5.55. The molecule has 1 aliphatic carbocycles. The minimum Gasteiger partial charge on any atom is -0.474 e. The Morgan fingerprint density at radius 1 is 1.21 bits per heavy atom. The Balaban J connectivity index is 0.00000240. The van der Waals surface area contributed by atoms with E-state index in [0.717, 1.165) is 44.6 Å². The zero-order valence-corrected chi connectivity index (χ0v) is 17.6. The number of aryl methyl sites for hydroxylation is 1. The normalized spacial score (nSPS) is 18.1. The van der Waals surface area contributed by atoms with Gasteiger partial charge in [0.15, 0.2) is 5.82 Å². The van der Waals surface area contributed by atoms with Crippen molar-refractivity contribution in [2.24, 2.45) is 7.05 Å². The van der Waals surface area contributed by atoms with Crippen LogP contribution < -0.4 is 15.4 Å². The van der Waals surface area contributed by atoms with Gasteiger partial charge in [-0.25, -0.2) is 9.67 Å². The summed E-state index contributed by atoms with van der Waals surface area (Å²) in [7, 11) is 1.80. The fraction of sp³-hybridized carbons (Fsp3) is 0.600. The van der Waals surface area contributed by atoms with Crippen LogP contribution in [-0.2, 0) is 7.05 Å². The number of halogens is 1. The van der Waals surface area contributed by atoms with E-state index in [-0.39, 0.29) is 24.4 Å². The number of pyridine rings is 1. The first-order valence-electron chi connectivity index (χ1n) is 10.2. The summed E-state index contributed by atoms with van der Waals surface area (Å²) in [6.45, 7) is 1.96. The van der Waals surface area contributed by atoms with E-state index < -0.39 is 0 Å². The molecule has 0 atom stereocenters. The quantitative estimate of drug-likeness (QED) is 0.772. The second kappa shape index (κ2) is 10.0. The van der Waals surface area contributed by atoms with Crippen LogP contribution in [0.3, 0.4) is 0 Å². The van der Waals surface area contributed by atoms with E-state index in [1.807, 2.05) is 0 Å². The molecule has 0 bridgehead atoms. The number of carbonyl (C=O) groups excluding carboxylic acids is 1. The van der Waals surface area contributed by atoms with E-state index in [1.165, 1.54) is 19.3 Å². The maximum absolute atomic E-state index is 12.7. The third kappa shape index (κ3) is 5.45. The lowest BCUT2D eigenvalue weighted by molar-refractivity contribution is 0.102. The molecule has 1 saturated carbocycles. The van der Waals surface area contributed by atoms with Crippen molar-refractivity contribution < 1.29 is 9.53 Å². The molecule has 0 unspecified atom stereocenters. The molecule has 29 heavy (non-hydrogen) atoms. The molecule has 1 saturated heterocycles. The third-order valence-electron chi connectivity index (χ3n) is 5.55. The zero-order valence-electron chi connectivity index (χ0n) is 16.8. The Hall–Kier alpha value is -2.19. The second-order valence-electron chi connectivity index (χ2n) is 7.66. The number of piperidine rings is 1. The number of aromatic nitrogens is 4. The van der Waals surface area contributed by atoms with Crippen LogP contribution in [0.1, 0.15) is 67.0 Å². The highest BCUT2D eigenvalue weighted by molar-refractivity contribution is 6.03. The molecule has 9 heteroatoms. The average molecular weight is 421 g/mol. The van der Waals surface area contributed by atoms with Crippen molar-refractivity contribution in [1.82, 2.24) is 25.1 Å². The largest absolute Gasteiger partial charge is 0.474 e. The SMILES string of the molecule is Cl.Cn1nc(C2CCNCC2)nc1NC(=O)c1ccnc(OC2CCCCC2)c1. The summed E-state index contributed by atoms with van der Waals surface area (Å²) in [5.74, 6) is 1.88. The van der Waals surface area contributed by atoms with Gasteiger partial charge in [-0.15, -0.1) is 12.4 Å². The van der Waals surface area contributed by atoms with Crippen LogP contribution in [0.4, 0.5) is 5.95 Å². The minimum atomic E-state index is -0.233. The molecule has 0 aromatic carbocycles. The van der Waals surface area contributed by atoms with E-state index in [0.29, 0.717) is 23.3 Å². The first-order valence-corrected chi connectivity index (χ1v) is 10.2. The van der Waals surface area contributed by atoms with Crippen molar-refractivity contribution in [3.05, 3.63) is 29.7 Å². The van der Waals surface area contributed by atoms with Crippen LogP contribution in [0.5, 0.6) is 5.88 Å². The Morgan fingerprint density at radius 2 is 1.97 bits per heavy atom. The maximum Gasteiger partial charge on any atom is 0.258 e. The average Bonchev–Trinajstić information content (AvgIpc) is 3.10. The van der Waals surface area contributed by atoms with E-state index >= 15 is 0 Å². The van der Waals surface area contributed by atoms with Gasteiger partial charge in [0, 0.05) is 30.8 Å². The van der Waals surface area contributed by atoms with Crippen molar-refractivity contribution >= 4 is 24.3 Å². The lowest BCUT2D eigenvalue weighted by Crippen LogP contribution is -2.27. The van der Waals surface area contributed by atoms with Gasteiger partial charge >= 0.3 is 0 Å². The standard InChI is InChI=1S/C20H28N6O2.ClH/c1-26-20(23-18(25-26)14-7-10-21-11-8-14)24-19(27)15-9-12-22-17(13-15)28-16-5-3-2-4-6-16;/h9,12-14,16,21H,2-8,10-11H2,1H3,(H,23,24,25,27);1H. The highest BCUT2D eigenvalue weighted by atomic mass is 35.5. The van der Waals surface area contributed by atoms with E-state index in [1.54, 1.807) is 30.1 Å². The number of hydrogen-bond acceptors (Lipinski definition) is 6. The number of anilines is 1. The first-order chi connectivity index (χ1) is 13.7. The van der Waals surface area contributed by atoms with Gasteiger partial charge in [0.25, 0.3) is 5.91 Å². The number of amides is 1. The summed E-state index contributed by atoms with van der Waals surface area (Å²) in [6, 6.07) is 3.39. The molecular formula is C20H29ClN6O2. The molecular weight excluding hydrogens is 392 g/mol. The van der Waals surface area contributed by atoms with E-state index in [9.17, 15) is 4.79 Å². The smallest absolute Gasteiger partial charge is 0.258 e. The van der Waals surface area contributed by atoms with Gasteiger partial charge < -0.3 is 10.1 Å². The summed E-state index contributed by atoms with van der Waals surface area (Å²) in [4.78, 5) is 21.5. The summed E-state index contributed by atoms with van der Waals surface area (Å²) < 4.78 is 7.61. The Labute approximate surface area is 177 Å². The fourth-order valence-electron chi connectivity index (χ4n) is 3.91. The predicted octanol–water partition coefficient (Wildman–Crippen LogP) is 3.06. The van der Waals surface area contributed by atoms with Crippen molar-refractivity contribution in [3.63, 3.8) is 0 Å². The van der Waals surface area contributed by atoms with Crippen LogP contribution >= 0.6 is 12.4 Å². The minimum absolute atomic E-state index is 0. The van der Waals surface area contributed by atoms with Gasteiger partial charge in [0.05, 0.1) is 0 Å². The fourth-order valence-corrected chi connectivity index (χ4v) is 3.91. The molecule has 8 nitrogen and oxygen atoms in total. The highest BCUT2D eigenvalue weighted by Crippen LogP contribution is 2.24. The topological polar surface area (TPSA) is 94.0 Å². The summed E-state index contributed by atoms with van der Waals surface area (Å²) >= 11 is 0. The molecule has 2 N–H and O–H groups in total. The molecule has 1 amide bonds. The second-order valence-corrected chi connectivity index (χ2v) is 7.66. The Bertz CT molecular complexity index is 815. The summed E-state index contributed by atoms with van der Waals surface area (Å²) in [5.41, 5.74) is 0.507. The first kappa shape index (κ1) is 21.5. The number of ether oxygens (including phenoxy) is 1. The van der Waals surface area contributed by atoms with Crippen molar-refractivity contribution in [3.8, 4) is 5.88 Å². The monoisotopic (exact) mass is 420 g/mol. The summed E-state index contributed by atoms with van der Waals surface area (Å²) in [5, 5.41) is 10.7. The highest BCUT2D eigenvalue weighted by Gasteiger charge is 2.22. The van der Waals surface area contributed by atoms with Crippen molar-refractivity contribution in [2.75, 3.05) is 18.4 Å². The number of carbonyl (C=O) groups is 1. The predicted molar refractivity (Wildman–Crippen MR) is 113 cm³/mol. The number of nitrogens with zero attached hydrogens (tertiary/aromatic N) is 4. The molecule has 158 valence electrons. The molecule has 2 aliphatic rings. The Kier molecular flexibility index (Phi) is 7.44. The van der Waals surface area contributed by atoms with Gasteiger partial charge in [-0.1, -0.05) is 6.42 Å². The molecule has 4 rings (SSSR count). The number of nitrogens with one attached hydrogen (secondary N) is 2. The van der Waals surface area contributed by atoms with E-state index in [4.69, 9.17) is 4.74 Å². The van der Waals surface area contributed by atoms with Crippen LogP contribution in [0.2, 0.25) is 0 Å². The Morgan fingerprint density at radius 3 is 2.72 bits per heavy atom. The van der Waals surface area contributed by atoms with E-state index in [2.05, 4.69) is 25.7 Å². The van der Waals surface area contributed by atoms with Crippen molar-refractivity contribution in [1.29, 1.82) is 0 Å². The molecule has 3 heterocycles. The van der Waals surface area contributed by atoms with Gasteiger partial charge in [-0.2, -0.15) is 10.1 Å². The maximum atomic E-state index is 12.7. The van der Waals surface area contributed by atoms with Crippen LogP contribution in [-0.4, -0.2) is 44.8 Å². The molecule has 0 radical (unpaired) electrons. The lowest BCUT2D eigenvalue weighted by atomic mass is 9.98. The van der Waals surface area contributed by atoms with Crippen molar-refractivity contribution in [2.45, 2.75) is 57.0 Å². The molecule has 2 fully saturated rings. The van der Waals surface area contributed by atoms with Gasteiger partial charge in [0.1, 0.15) is 6.10 Å². The summed E-state index contributed by atoms with van der Waals surface area (Å²) in [6.07, 6.45) is 9.61. The molecule has 2 aromatic heterocycles. The van der Waals surface area contributed by atoms with Gasteiger partial charge in [-0.3, -0.25) is 10.1 Å².